The van der Waals surface area contributed by atoms with Crippen LogP contribution < -0.4 is 4.90 Å². The second-order valence-corrected chi connectivity index (χ2v) is 5.99. The number of anilines is 1. The Morgan fingerprint density at radius 3 is 2.90 bits per heavy atom. The Morgan fingerprint density at radius 2 is 2.05 bits per heavy atom. The fourth-order valence-electron chi connectivity index (χ4n) is 3.53. The summed E-state index contributed by atoms with van der Waals surface area (Å²) in [6.45, 7) is 3.96. The number of nitrogens with zero attached hydrogens (tertiary/aromatic N) is 5. The highest BCUT2D eigenvalue weighted by Gasteiger charge is 2.40. The molecule has 2 fully saturated rings. The number of aryl methyl sites for hydroxylation is 1. The van der Waals surface area contributed by atoms with Gasteiger partial charge in [0.25, 0.3) is 0 Å². The monoisotopic (exact) mass is 273 g/mol. The molecular weight excluding hydrogens is 254 g/mol. The van der Waals surface area contributed by atoms with Gasteiger partial charge in [-0.05, 0) is 24.7 Å². The van der Waals surface area contributed by atoms with Crippen LogP contribution in [0.2, 0.25) is 0 Å². The minimum absolute atomic E-state index is 0.428. The first kappa shape index (κ1) is 12.1. The fourth-order valence-corrected chi connectivity index (χ4v) is 3.53. The van der Waals surface area contributed by atoms with E-state index in [1.54, 1.807) is 11.0 Å². The van der Waals surface area contributed by atoms with Gasteiger partial charge in [0.2, 0.25) is 0 Å². The van der Waals surface area contributed by atoms with Gasteiger partial charge < -0.3 is 9.64 Å². The molecule has 106 valence electrons. The van der Waals surface area contributed by atoms with Crippen LogP contribution in [0, 0.1) is 5.41 Å². The fraction of sp³-hybridized carbons (Fsp3) is 0.643. The van der Waals surface area contributed by atoms with Crippen molar-refractivity contribution < 1.29 is 4.74 Å². The third-order valence-corrected chi connectivity index (χ3v) is 4.80. The largest absolute Gasteiger partial charge is 0.381 e. The van der Waals surface area contributed by atoms with Crippen molar-refractivity contribution in [3.05, 3.63) is 12.5 Å². The molecule has 2 aromatic heterocycles. The summed E-state index contributed by atoms with van der Waals surface area (Å²) in [5.74, 6) is 1.03. The van der Waals surface area contributed by atoms with E-state index in [4.69, 9.17) is 4.74 Å². The van der Waals surface area contributed by atoms with Crippen molar-refractivity contribution in [3.8, 4) is 0 Å². The molecule has 6 heteroatoms. The van der Waals surface area contributed by atoms with Gasteiger partial charge in [-0.1, -0.05) is 0 Å². The Hall–Kier alpha value is -1.69. The molecule has 0 amide bonds. The van der Waals surface area contributed by atoms with Crippen LogP contribution in [0.3, 0.4) is 0 Å². The molecule has 4 heterocycles. The molecule has 0 bridgehead atoms. The van der Waals surface area contributed by atoms with Gasteiger partial charge >= 0.3 is 0 Å². The first-order valence-corrected chi connectivity index (χ1v) is 7.23. The molecule has 0 aromatic carbocycles. The minimum atomic E-state index is 0.428. The maximum Gasteiger partial charge on any atom is 0.163 e. The Balaban J connectivity index is 1.67. The highest BCUT2D eigenvalue weighted by Crippen LogP contribution is 2.41. The van der Waals surface area contributed by atoms with Crippen LogP contribution in [0.4, 0.5) is 5.82 Å². The van der Waals surface area contributed by atoms with Gasteiger partial charge in [0, 0.05) is 33.4 Å². The molecule has 0 radical (unpaired) electrons. The van der Waals surface area contributed by atoms with Gasteiger partial charge in [-0.25, -0.2) is 9.97 Å². The predicted octanol–water partition coefficient (Wildman–Crippen LogP) is 1.37. The lowest BCUT2D eigenvalue weighted by Gasteiger charge is -2.33. The van der Waals surface area contributed by atoms with Crippen LogP contribution in [-0.2, 0) is 11.8 Å². The summed E-state index contributed by atoms with van der Waals surface area (Å²) in [6.07, 6.45) is 7.10. The molecule has 1 spiro atoms. The molecule has 4 rings (SSSR count). The van der Waals surface area contributed by atoms with Crippen molar-refractivity contribution in [1.82, 2.24) is 19.7 Å². The van der Waals surface area contributed by atoms with Crippen LogP contribution in [0.15, 0.2) is 12.5 Å². The summed E-state index contributed by atoms with van der Waals surface area (Å²) in [5, 5.41) is 5.35. The van der Waals surface area contributed by atoms with Crippen LogP contribution >= 0.6 is 0 Å². The van der Waals surface area contributed by atoms with Gasteiger partial charge in [0.1, 0.15) is 12.1 Å². The summed E-state index contributed by atoms with van der Waals surface area (Å²) in [6, 6.07) is 0. The molecule has 0 aliphatic carbocycles. The highest BCUT2D eigenvalue weighted by molar-refractivity contribution is 5.86. The molecule has 0 atom stereocenters. The van der Waals surface area contributed by atoms with Gasteiger partial charge in [0.15, 0.2) is 5.65 Å². The predicted molar refractivity (Wildman–Crippen MR) is 75.6 cm³/mol. The van der Waals surface area contributed by atoms with Crippen LogP contribution in [0.1, 0.15) is 19.3 Å². The van der Waals surface area contributed by atoms with Gasteiger partial charge in [-0.3, -0.25) is 4.68 Å². The summed E-state index contributed by atoms with van der Waals surface area (Å²) in [7, 11) is 1.92. The van der Waals surface area contributed by atoms with E-state index in [1.807, 2.05) is 13.2 Å². The number of aromatic nitrogens is 4. The van der Waals surface area contributed by atoms with E-state index in [2.05, 4.69) is 20.0 Å². The number of ether oxygens (including phenoxy) is 1. The first-order chi connectivity index (χ1) is 9.77. The number of rotatable bonds is 1. The average Bonchev–Trinajstić information content (AvgIpc) is 3.05. The normalized spacial score (nSPS) is 21.9. The lowest BCUT2D eigenvalue weighted by atomic mass is 9.80. The Morgan fingerprint density at radius 1 is 1.20 bits per heavy atom. The SMILES string of the molecule is Cn1ncc2c(N3CCC4(CCOCC4)C3)ncnc21. The van der Waals surface area contributed by atoms with E-state index in [9.17, 15) is 0 Å². The van der Waals surface area contributed by atoms with E-state index in [0.29, 0.717) is 5.41 Å². The van der Waals surface area contributed by atoms with Crippen molar-refractivity contribution in [1.29, 1.82) is 0 Å². The van der Waals surface area contributed by atoms with E-state index in [0.717, 1.165) is 43.2 Å². The van der Waals surface area contributed by atoms with E-state index >= 15 is 0 Å². The van der Waals surface area contributed by atoms with Gasteiger partial charge in [-0.15, -0.1) is 0 Å². The second kappa shape index (κ2) is 4.41. The Bertz CT molecular complexity index is 632. The van der Waals surface area contributed by atoms with Crippen LogP contribution in [0.5, 0.6) is 0 Å². The zero-order valence-electron chi connectivity index (χ0n) is 11.7. The molecule has 0 saturated carbocycles. The quantitative estimate of drug-likeness (QED) is 0.785. The van der Waals surface area contributed by atoms with Crippen molar-refractivity contribution in [2.24, 2.45) is 12.5 Å². The van der Waals surface area contributed by atoms with Crippen LogP contribution in [-0.4, -0.2) is 46.1 Å². The topological polar surface area (TPSA) is 56.1 Å². The Kier molecular flexibility index (Phi) is 2.66. The lowest BCUT2D eigenvalue weighted by Crippen LogP contribution is -2.33. The van der Waals surface area contributed by atoms with Crippen molar-refractivity contribution in [3.63, 3.8) is 0 Å². The molecule has 2 saturated heterocycles. The number of hydrogen-bond donors (Lipinski definition) is 0. The smallest absolute Gasteiger partial charge is 0.163 e. The third kappa shape index (κ3) is 1.78. The maximum absolute atomic E-state index is 5.51. The van der Waals surface area contributed by atoms with Crippen molar-refractivity contribution in [2.75, 3.05) is 31.2 Å². The van der Waals surface area contributed by atoms with E-state index < -0.39 is 0 Å². The third-order valence-electron chi connectivity index (χ3n) is 4.80. The molecule has 2 aliphatic heterocycles. The molecule has 0 unspecified atom stereocenters. The van der Waals surface area contributed by atoms with Crippen molar-refractivity contribution in [2.45, 2.75) is 19.3 Å². The highest BCUT2D eigenvalue weighted by atomic mass is 16.5. The number of fused-ring (bicyclic) bond motifs is 1. The lowest BCUT2D eigenvalue weighted by molar-refractivity contribution is 0.0254. The minimum Gasteiger partial charge on any atom is -0.381 e. The summed E-state index contributed by atoms with van der Waals surface area (Å²) in [4.78, 5) is 11.2. The average molecular weight is 273 g/mol. The first-order valence-electron chi connectivity index (χ1n) is 7.23. The summed E-state index contributed by atoms with van der Waals surface area (Å²) >= 11 is 0. The molecule has 20 heavy (non-hydrogen) atoms. The standard InChI is InChI=1S/C14H19N5O/c1-18-12-11(8-17-18)13(16-10-15-12)19-5-2-14(9-19)3-6-20-7-4-14/h8,10H,2-7,9H2,1H3. The number of hydrogen-bond acceptors (Lipinski definition) is 5. The molecule has 0 N–H and O–H groups in total. The van der Waals surface area contributed by atoms with Crippen molar-refractivity contribution >= 4 is 16.9 Å². The Labute approximate surface area is 117 Å². The van der Waals surface area contributed by atoms with Crippen LogP contribution in [0.25, 0.3) is 11.0 Å². The summed E-state index contributed by atoms with van der Waals surface area (Å²) in [5.41, 5.74) is 1.33. The zero-order valence-corrected chi connectivity index (χ0v) is 11.7. The van der Waals surface area contributed by atoms with E-state index in [1.165, 1.54) is 19.3 Å². The summed E-state index contributed by atoms with van der Waals surface area (Å²) < 4.78 is 7.32. The molecular formula is C14H19N5O. The molecule has 6 nitrogen and oxygen atoms in total. The molecule has 2 aromatic rings. The second-order valence-electron chi connectivity index (χ2n) is 5.99. The van der Waals surface area contributed by atoms with Gasteiger partial charge in [0.05, 0.1) is 11.6 Å². The zero-order chi connectivity index (χ0) is 13.6. The molecule has 2 aliphatic rings. The van der Waals surface area contributed by atoms with E-state index in [-0.39, 0.29) is 0 Å². The maximum atomic E-state index is 5.51. The van der Waals surface area contributed by atoms with Gasteiger partial charge in [-0.2, -0.15) is 5.10 Å².